The van der Waals surface area contributed by atoms with Gasteiger partial charge >= 0.3 is 5.97 Å². The number of aliphatic carboxylic acids is 1. The summed E-state index contributed by atoms with van der Waals surface area (Å²) in [5.41, 5.74) is 0.359. The number of aliphatic hydroxyl groups is 3. The Balaban J connectivity index is 1.73. The third-order valence-electron chi connectivity index (χ3n) is 8.78. The molecule has 2 rings (SSSR count). The number of nitrogens with one attached hydrogen (secondary N) is 2. The van der Waals surface area contributed by atoms with Crippen LogP contribution in [0.4, 0.5) is 0 Å². The summed E-state index contributed by atoms with van der Waals surface area (Å²) in [5, 5.41) is 45.7. The summed E-state index contributed by atoms with van der Waals surface area (Å²) < 4.78 is 0. The van der Waals surface area contributed by atoms with Gasteiger partial charge in [0.2, 0.25) is 0 Å². The maximum absolute atomic E-state index is 12.0. The summed E-state index contributed by atoms with van der Waals surface area (Å²) in [6.45, 7) is 2.76. The van der Waals surface area contributed by atoms with E-state index in [-0.39, 0.29) is 18.4 Å². The third-order valence-corrected chi connectivity index (χ3v) is 8.78. The number of hydrogen-bond acceptors (Lipinski definition) is 5. The minimum atomic E-state index is -0.979. The Labute approximate surface area is 230 Å². The Hall–Kier alpha value is -1.41. The number of carbonyl (C=O) groups is 1. The molecule has 0 radical (unpaired) electrons. The van der Waals surface area contributed by atoms with Gasteiger partial charge in [-0.3, -0.25) is 4.79 Å². The first-order valence-electron chi connectivity index (χ1n) is 15.4. The van der Waals surface area contributed by atoms with E-state index in [1.165, 1.54) is 31.2 Å². The van der Waals surface area contributed by atoms with Crippen LogP contribution in [-0.4, -0.2) is 62.8 Å². The van der Waals surface area contributed by atoms with E-state index in [0.29, 0.717) is 31.7 Å². The normalized spacial score (nSPS) is 22.8. The zero-order chi connectivity index (χ0) is 27.8. The molecule has 0 aromatic carbocycles. The monoisotopic (exact) mass is 536 g/mol. The number of carboxylic acid groups (broad SMARTS) is 1. The van der Waals surface area contributed by atoms with Crippen LogP contribution in [0.15, 0.2) is 18.5 Å². The van der Waals surface area contributed by atoms with Crippen LogP contribution in [0.3, 0.4) is 0 Å². The van der Waals surface area contributed by atoms with Crippen LogP contribution in [0.2, 0.25) is 0 Å². The van der Waals surface area contributed by atoms with Crippen molar-refractivity contribution in [1.29, 1.82) is 0 Å². The van der Waals surface area contributed by atoms with Crippen molar-refractivity contribution in [2.45, 2.75) is 134 Å². The zero-order valence-electron chi connectivity index (χ0n) is 24.0. The third kappa shape index (κ3) is 11.8. The van der Waals surface area contributed by atoms with Crippen LogP contribution in [-0.2, 0) is 11.2 Å². The summed E-state index contributed by atoms with van der Waals surface area (Å²) in [5.74, 6) is -1.57. The van der Waals surface area contributed by atoms with Crippen LogP contribution in [0, 0.1) is 17.8 Å². The SMILES string of the molecule is CCCCCCCC(O)CCCCCCC(C(=O)O)C(O)CC(CNC)C1(O)CCC(Cc2cc[nH]c2)C1. The maximum Gasteiger partial charge on any atom is 0.309 e. The van der Waals surface area contributed by atoms with E-state index >= 15 is 0 Å². The summed E-state index contributed by atoms with van der Waals surface area (Å²) >= 11 is 0. The summed E-state index contributed by atoms with van der Waals surface area (Å²) in [6, 6.07) is 2.07. The highest BCUT2D eigenvalue weighted by molar-refractivity contribution is 5.70. The Bertz CT molecular complexity index is 743. The average Bonchev–Trinajstić information content (AvgIpc) is 3.53. The van der Waals surface area contributed by atoms with Crippen LogP contribution < -0.4 is 5.32 Å². The molecule has 1 saturated carbocycles. The molecule has 1 aromatic heterocycles. The van der Waals surface area contributed by atoms with Crippen LogP contribution in [0.5, 0.6) is 0 Å². The second-order valence-corrected chi connectivity index (χ2v) is 12.0. The van der Waals surface area contributed by atoms with Gasteiger partial charge in [0.1, 0.15) is 0 Å². The lowest BCUT2D eigenvalue weighted by atomic mass is 9.78. The largest absolute Gasteiger partial charge is 0.481 e. The van der Waals surface area contributed by atoms with Crippen molar-refractivity contribution in [3.05, 3.63) is 24.0 Å². The number of carboxylic acids is 1. The number of unbranched alkanes of at least 4 members (excludes halogenated alkanes) is 7. The Morgan fingerprint density at radius 3 is 2.32 bits per heavy atom. The summed E-state index contributed by atoms with van der Waals surface area (Å²) in [6.07, 6.45) is 18.0. The van der Waals surface area contributed by atoms with E-state index in [1.807, 2.05) is 19.4 Å². The molecule has 0 amide bonds. The van der Waals surface area contributed by atoms with Crippen LogP contribution in [0.1, 0.15) is 115 Å². The zero-order valence-corrected chi connectivity index (χ0v) is 24.0. The van der Waals surface area contributed by atoms with Gasteiger partial charge in [-0.05, 0) is 76.0 Å². The highest BCUT2D eigenvalue weighted by atomic mass is 16.4. The van der Waals surface area contributed by atoms with Crippen molar-refractivity contribution in [2.24, 2.45) is 17.8 Å². The van der Waals surface area contributed by atoms with Gasteiger partial charge in [-0.2, -0.15) is 0 Å². The predicted octanol–water partition coefficient (Wildman–Crippen LogP) is 5.44. The van der Waals surface area contributed by atoms with Crippen molar-refractivity contribution in [3.63, 3.8) is 0 Å². The van der Waals surface area contributed by atoms with Gasteiger partial charge in [0.25, 0.3) is 0 Å². The number of H-pyrrole nitrogens is 1. The molecule has 7 heteroatoms. The van der Waals surface area contributed by atoms with E-state index in [0.717, 1.165) is 57.8 Å². The van der Waals surface area contributed by atoms with Gasteiger partial charge < -0.3 is 30.7 Å². The van der Waals surface area contributed by atoms with Crippen molar-refractivity contribution < 1.29 is 25.2 Å². The van der Waals surface area contributed by atoms with Crippen molar-refractivity contribution >= 4 is 5.97 Å². The number of rotatable bonds is 22. The number of aliphatic hydroxyl groups excluding tert-OH is 2. The molecule has 6 N–H and O–H groups in total. The summed E-state index contributed by atoms with van der Waals surface area (Å²) in [4.78, 5) is 15.1. The van der Waals surface area contributed by atoms with Crippen molar-refractivity contribution in [3.8, 4) is 0 Å². The fraction of sp³-hybridized carbons (Fsp3) is 0.839. The van der Waals surface area contributed by atoms with Gasteiger partial charge in [0.15, 0.2) is 0 Å². The molecule has 1 aromatic rings. The number of hydrogen-bond donors (Lipinski definition) is 6. The van der Waals surface area contributed by atoms with E-state index in [1.54, 1.807) is 0 Å². The van der Waals surface area contributed by atoms with Crippen molar-refractivity contribution in [1.82, 2.24) is 10.3 Å². The van der Waals surface area contributed by atoms with Gasteiger partial charge in [-0.15, -0.1) is 0 Å². The lowest BCUT2D eigenvalue weighted by Gasteiger charge is -2.35. The molecule has 7 nitrogen and oxygen atoms in total. The summed E-state index contributed by atoms with van der Waals surface area (Å²) in [7, 11) is 1.84. The molecular weight excluding hydrogens is 480 g/mol. The van der Waals surface area contributed by atoms with E-state index in [9.17, 15) is 25.2 Å². The fourth-order valence-electron chi connectivity index (χ4n) is 6.42. The Kier molecular flexibility index (Phi) is 15.6. The number of aromatic amines is 1. The first kappa shape index (κ1) is 32.8. The minimum Gasteiger partial charge on any atom is -0.481 e. The van der Waals surface area contributed by atoms with E-state index < -0.39 is 23.6 Å². The van der Waals surface area contributed by atoms with Gasteiger partial charge in [0.05, 0.1) is 23.7 Å². The Morgan fingerprint density at radius 2 is 1.74 bits per heavy atom. The van der Waals surface area contributed by atoms with E-state index in [2.05, 4.69) is 23.3 Å². The first-order chi connectivity index (χ1) is 18.3. The standard InChI is InChI=1S/C31H56N2O5/c1-3-4-5-6-9-12-27(34)13-10-7-8-11-14-28(30(36)37)29(35)20-26(23-32-2)31(38)17-15-24(21-31)19-25-16-18-33-22-25/h16,18,22,24,26-29,32-35,38H,3-15,17,19-21,23H2,1-2H3,(H,36,37). The highest BCUT2D eigenvalue weighted by Crippen LogP contribution is 2.43. The van der Waals surface area contributed by atoms with E-state index in [4.69, 9.17) is 0 Å². The second-order valence-electron chi connectivity index (χ2n) is 12.0. The molecular formula is C31H56N2O5. The average molecular weight is 537 g/mol. The topological polar surface area (TPSA) is 126 Å². The lowest BCUT2D eigenvalue weighted by molar-refractivity contribution is -0.147. The van der Waals surface area contributed by atoms with Gasteiger partial charge in [0, 0.05) is 24.9 Å². The molecule has 6 atom stereocenters. The molecule has 1 aliphatic carbocycles. The molecule has 38 heavy (non-hydrogen) atoms. The highest BCUT2D eigenvalue weighted by Gasteiger charge is 2.44. The molecule has 1 aliphatic rings. The quantitative estimate of drug-likeness (QED) is 0.110. The molecule has 0 aliphatic heterocycles. The van der Waals surface area contributed by atoms with Gasteiger partial charge in [-0.1, -0.05) is 64.7 Å². The molecule has 0 saturated heterocycles. The molecule has 0 bridgehead atoms. The number of aromatic nitrogens is 1. The first-order valence-corrected chi connectivity index (χ1v) is 15.4. The second kappa shape index (κ2) is 18.0. The Morgan fingerprint density at radius 1 is 1.08 bits per heavy atom. The molecule has 1 fully saturated rings. The minimum absolute atomic E-state index is 0.191. The van der Waals surface area contributed by atoms with Crippen LogP contribution in [0.25, 0.3) is 0 Å². The lowest BCUT2D eigenvalue weighted by Crippen LogP contribution is -2.44. The molecule has 6 unspecified atom stereocenters. The van der Waals surface area contributed by atoms with Crippen molar-refractivity contribution in [2.75, 3.05) is 13.6 Å². The van der Waals surface area contributed by atoms with Gasteiger partial charge in [-0.25, -0.2) is 0 Å². The molecule has 0 spiro atoms. The predicted molar refractivity (Wildman–Crippen MR) is 153 cm³/mol. The molecule has 220 valence electrons. The molecule has 1 heterocycles. The smallest absolute Gasteiger partial charge is 0.309 e. The maximum atomic E-state index is 12.0. The fourth-order valence-corrected chi connectivity index (χ4v) is 6.42. The van der Waals surface area contributed by atoms with Crippen LogP contribution >= 0.6 is 0 Å².